The fourth-order valence-electron chi connectivity index (χ4n) is 2.70. The highest BCUT2D eigenvalue weighted by Gasteiger charge is 2.36. The van der Waals surface area contributed by atoms with E-state index in [1.54, 1.807) is 0 Å². The molecular formula is C20H17N3O7. The number of anilines is 1. The van der Waals surface area contributed by atoms with Crippen LogP contribution in [-0.4, -0.2) is 42.6 Å². The van der Waals surface area contributed by atoms with Crippen LogP contribution in [0.15, 0.2) is 48.0 Å². The van der Waals surface area contributed by atoms with Crippen molar-refractivity contribution in [1.29, 1.82) is 0 Å². The Bertz CT molecular complexity index is 1060. The van der Waals surface area contributed by atoms with Crippen molar-refractivity contribution in [2.24, 2.45) is 5.73 Å². The first-order valence-corrected chi connectivity index (χ1v) is 8.60. The summed E-state index contributed by atoms with van der Waals surface area (Å²) in [5.74, 6) is -1.89. The molecular weight excluding hydrogens is 394 g/mol. The highest BCUT2D eigenvalue weighted by molar-refractivity contribution is 6.39. The Labute approximate surface area is 170 Å². The first-order chi connectivity index (χ1) is 14.3. The summed E-state index contributed by atoms with van der Waals surface area (Å²) in [5, 5.41) is 11.5. The lowest BCUT2D eigenvalue weighted by Crippen LogP contribution is -2.54. The van der Waals surface area contributed by atoms with Crippen LogP contribution in [0.2, 0.25) is 0 Å². The summed E-state index contributed by atoms with van der Waals surface area (Å²) in [6.07, 6.45) is 1.29. The number of carbonyl (C=O) groups excluding carboxylic acids is 4. The van der Waals surface area contributed by atoms with Crippen molar-refractivity contribution in [1.82, 2.24) is 5.32 Å². The van der Waals surface area contributed by atoms with Crippen molar-refractivity contribution in [3.8, 4) is 17.2 Å². The molecule has 1 aliphatic rings. The Morgan fingerprint density at radius 1 is 1.13 bits per heavy atom. The number of primary amides is 1. The minimum Gasteiger partial charge on any atom is -0.508 e. The number of ether oxygens (including phenoxy) is 2. The molecule has 2 aromatic carbocycles. The van der Waals surface area contributed by atoms with E-state index in [1.807, 2.05) is 0 Å². The topological polar surface area (TPSA) is 148 Å². The van der Waals surface area contributed by atoms with Crippen LogP contribution >= 0.6 is 0 Å². The fraction of sp³-hybridized carbons (Fsp3) is 0.100. The number of barbiturate groups is 1. The summed E-state index contributed by atoms with van der Waals surface area (Å²) in [5.41, 5.74) is 5.37. The number of hydrogen-bond donors (Lipinski definition) is 3. The van der Waals surface area contributed by atoms with Crippen LogP contribution < -0.4 is 25.4 Å². The maximum atomic E-state index is 12.8. The molecule has 3 rings (SSSR count). The van der Waals surface area contributed by atoms with E-state index in [0.29, 0.717) is 5.56 Å². The number of aromatic hydroxyl groups is 1. The standard InChI is InChI=1S/C20H17N3O7/c1-29-16-9-11(2-7-15(16)30-10-17(21)25)8-14-18(26)22-20(28)23(19(14)27)12-3-5-13(24)6-4-12/h2-9,24H,10H2,1H3,(H2,21,25)(H,22,26,28)/b14-8+. The van der Waals surface area contributed by atoms with Crippen LogP contribution in [0.25, 0.3) is 6.08 Å². The second-order valence-corrected chi connectivity index (χ2v) is 6.14. The van der Waals surface area contributed by atoms with Gasteiger partial charge in [-0.2, -0.15) is 0 Å². The molecule has 0 unspecified atom stereocenters. The molecule has 5 amide bonds. The second-order valence-electron chi connectivity index (χ2n) is 6.14. The van der Waals surface area contributed by atoms with Gasteiger partial charge in [-0.05, 0) is 48.0 Å². The number of nitrogens with one attached hydrogen (secondary N) is 1. The van der Waals surface area contributed by atoms with E-state index in [4.69, 9.17) is 15.2 Å². The Balaban J connectivity index is 1.94. The molecule has 0 aromatic heterocycles. The molecule has 1 saturated heterocycles. The average molecular weight is 411 g/mol. The predicted octanol–water partition coefficient (Wildman–Crippen LogP) is 0.931. The van der Waals surface area contributed by atoms with Crippen LogP contribution in [0.4, 0.5) is 10.5 Å². The second kappa shape index (κ2) is 8.35. The lowest BCUT2D eigenvalue weighted by molar-refractivity contribution is -0.123. The van der Waals surface area contributed by atoms with Gasteiger partial charge in [0.2, 0.25) is 0 Å². The van der Waals surface area contributed by atoms with E-state index in [1.165, 1.54) is 55.7 Å². The highest BCUT2D eigenvalue weighted by atomic mass is 16.5. The molecule has 10 heteroatoms. The third-order valence-corrected chi connectivity index (χ3v) is 4.08. The normalized spacial score (nSPS) is 15.2. The molecule has 1 fully saturated rings. The zero-order chi connectivity index (χ0) is 21.8. The molecule has 0 radical (unpaired) electrons. The first kappa shape index (κ1) is 20.4. The third-order valence-electron chi connectivity index (χ3n) is 4.08. The van der Waals surface area contributed by atoms with Crippen molar-refractivity contribution in [2.75, 3.05) is 18.6 Å². The fourth-order valence-corrected chi connectivity index (χ4v) is 2.70. The van der Waals surface area contributed by atoms with Gasteiger partial charge in [0, 0.05) is 0 Å². The zero-order valence-electron chi connectivity index (χ0n) is 15.7. The van der Waals surface area contributed by atoms with Crippen LogP contribution in [0.1, 0.15) is 5.56 Å². The number of amides is 5. The lowest BCUT2D eigenvalue weighted by Gasteiger charge is -2.26. The molecule has 0 spiro atoms. The van der Waals surface area contributed by atoms with Gasteiger partial charge in [-0.1, -0.05) is 6.07 Å². The van der Waals surface area contributed by atoms with E-state index < -0.39 is 23.8 Å². The molecule has 1 aliphatic heterocycles. The maximum absolute atomic E-state index is 12.8. The summed E-state index contributed by atoms with van der Waals surface area (Å²) in [7, 11) is 1.38. The smallest absolute Gasteiger partial charge is 0.335 e. The number of rotatable bonds is 6. The van der Waals surface area contributed by atoms with Gasteiger partial charge in [0.1, 0.15) is 11.3 Å². The van der Waals surface area contributed by atoms with Gasteiger partial charge in [-0.3, -0.25) is 19.7 Å². The molecule has 4 N–H and O–H groups in total. The van der Waals surface area contributed by atoms with Crippen molar-refractivity contribution in [3.05, 3.63) is 53.6 Å². The molecule has 0 bridgehead atoms. The maximum Gasteiger partial charge on any atom is 0.335 e. The molecule has 0 atom stereocenters. The number of phenolic OH excluding ortho intramolecular Hbond substituents is 1. The van der Waals surface area contributed by atoms with E-state index in [0.717, 1.165) is 4.90 Å². The Morgan fingerprint density at radius 2 is 1.83 bits per heavy atom. The zero-order valence-corrected chi connectivity index (χ0v) is 15.7. The van der Waals surface area contributed by atoms with Crippen LogP contribution in [0.3, 0.4) is 0 Å². The van der Waals surface area contributed by atoms with Gasteiger partial charge >= 0.3 is 6.03 Å². The molecule has 0 saturated carbocycles. The number of methoxy groups -OCH3 is 1. The number of phenols is 1. The molecule has 30 heavy (non-hydrogen) atoms. The third kappa shape index (κ3) is 4.22. The van der Waals surface area contributed by atoms with Gasteiger partial charge in [0.15, 0.2) is 18.1 Å². The SMILES string of the molecule is COc1cc(/C=C2\C(=O)NC(=O)N(c3ccc(O)cc3)C2=O)ccc1OCC(N)=O. The van der Waals surface area contributed by atoms with E-state index in [2.05, 4.69) is 5.32 Å². The summed E-state index contributed by atoms with van der Waals surface area (Å²) < 4.78 is 10.4. The molecule has 154 valence electrons. The van der Waals surface area contributed by atoms with Gasteiger partial charge < -0.3 is 20.3 Å². The van der Waals surface area contributed by atoms with E-state index in [-0.39, 0.29) is 35.1 Å². The van der Waals surface area contributed by atoms with Crippen molar-refractivity contribution in [2.45, 2.75) is 0 Å². The summed E-state index contributed by atoms with van der Waals surface area (Å²) in [4.78, 5) is 48.9. The number of carbonyl (C=O) groups is 4. The quantitative estimate of drug-likeness (QED) is 0.473. The highest BCUT2D eigenvalue weighted by Crippen LogP contribution is 2.30. The van der Waals surface area contributed by atoms with Gasteiger partial charge in [0.25, 0.3) is 17.7 Å². The van der Waals surface area contributed by atoms with Crippen LogP contribution in [0.5, 0.6) is 17.2 Å². The average Bonchev–Trinajstić information content (AvgIpc) is 2.71. The minimum atomic E-state index is -0.902. The largest absolute Gasteiger partial charge is 0.508 e. The number of nitrogens with two attached hydrogens (primary N) is 1. The monoisotopic (exact) mass is 411 g/mol. The summed E-state index contributed by atoms with van der Waals surface area (Å²) in [6, 6.07) is 8.97. The predicted molar refractivity (Wildman–Crippen MR) is 105 cm³/mol. The Kier molecular flexibility index (Phi) is 5.68. The number of nitrogens with zero attached hydrogens (tertiary/aromatic N) is 1. The van der Waals surface area contributed by atoms with Crippen LogP contribution in [0, 0.1) is 0 Å². The van der Waals surface area contributed by atoms with Crippen molar-refractivity contribution >= 4 is 35.5 Å². The van der Waals surface area contributed by atoms with Crippen molar-refractivity contribution in [3.63, 3.8) is 0 Å². The number of imide groups is 2. The minimum absolute atomic E-state index is 0.0406. The number of benzene rings is 2. The first-order valence-electron chi connectivity index (χ1n) is 8.60. The lowest BCUT2D eigenvalue weighted by atomic mass is 10.1. The van der Waals surface area contributed by atoms with E-state index in [9.17, 15) is 24.3 Å². The molecule has 0 aliphatic carbocycles. The Hall–Kier alpha value is -4.34. The number of hydrogen-bond acceptors (Lipinski definition) is 7. The van der Waals surface area contributed by atoms with Gasteiger partial charge in [0.05, 0.1) is 12.8 Å². The summed E-state index contributed by atoms with van der Waals surface area (Å²) in [6.45, 7) is -0.346. The van der Waals surface area contributed by atoms with Gasteiger partial charge in [-0.25, -0.2) is 9.69 Å². The number of urea groups is 1. The molecule has 1 heterocycles. The summed E-state index contributed by atoms with van der Waals surface area (Å²) >= 11 is 0. The van der Waals surface area contributed by atoms with Crippen molar-refractivity contribution < 1.29 is 33.8 Å². The van der Waals surface area contributed by atoms with Crippen LogP contribution in [-0.2, 0) is 14.4 Å². The van der Waals surface area contributed by atoms with Gasteiger partial charge in [-0.15, -0.1) is 0 Å². The molecule has 10 nitrogen and oxygen atoms in total. The molecule has 2 aromatic rings. The van der Waals surface area contributed by atoms with E-state index >= 15 is 0 Å². The Morgan fingerprint density at radius 3 is 2.47 bits per heavy atom.